The van der Waals surface area contributed by atoms with Gasteiger partial charge < -0.3 is 5.32 Å². The minimum absolute atomic E-state index is 0.0234. The van der Waals surface area contributed by atoms with Crippen LogP contribution in [0, 0.1) is 18.7 Å². The van der Waals surface area contributed by atoms with Gasteiger partial charge >= 0.3 is 0 Å². The van der Waals surface area contributed by atoms with Gasteiger partial charge in [0.25, 0.3) is 0 Å². The van der Waals surface area contributed by atoms with Crippen molar-refractivity contribution in [2.75, 3.05) is 18.4 Å². The summed E-state index contributed by atoms with van der Waals surface area (Å²) in [5.74, 6) is -1.20. The van der Waals surface area contributed by atoms with Gasteiger partial charge in [-0.2, -0.15) is 4.31 Å². The molecular weight excluding hydrogens is 391 g/mol. The molecule has 5 nitrogen and oxygen atoms in total. The Bertz CT molecular complexity index is 948. The largest absolute Gasteiger partial charge is 0.326 e. The van der Waals surface area contributed by atoms with E-state index in [1.807, 2.05) is 13.0 Å². The molecule has 1 unspecified atom stereocenters. The number of nitrogens with one attached hydrogen (secondary N) is 1. The molecule has 1 N–H and O–H groups in total. The fourth-order valence-corrected chi connectivity index (χ4v) is 4.75. The highest BCUT2D eigenvalue weighted by molar-refractivity contribution is 7.89. The highest BCUT2D eigenvalue weighted by Gasteiger charge is 2.33. The normalized spacial score (nSPS) is 18.3. The van der Waals surface area contributed by atoms with Crippen molar-refractivity contribution in [1.82, 2.24) is 4.31 Å². The first-order valence-electron chi connectivity index (χ1n) is 8.60. The third kappa shape index (κ3) is 4.48. The van der Waals surface area contributed by atoms with Gasteiger partial charge in [-0.3, -0.25) is 4.79 Å². The maximum absolute atomic E-state index is 13.1. The number of sulfonamides is 1. The van der Waals surface area contributed by atoms with E-state index in [0.717, 1.165) is 17.7 Å². The molecule has 3 rings (SSSR count). The SMILES string of the molecule is Cc1ccc(NC(=O)C2CCCN(S(=O)(=O)c3ccc(F)cc3)C2)cc1Cl. The summed E-state index contributed by atoms with van der Waals surface area (Å²) in [5.41, 5.74) is 1.48. The first-order valence-corrected chi connectivity index (χ1v) is 10.4. The molecule has 1 saturated heterocycles. The molecule has 0 aromatic heterocycles. The van der Waals surface area contributed by atoms with Gasteiger partial charge in [0.15, 0.2) is 0 Å². The molecule has 144 valence electrons. The maximum Gasteiger partial charge on any atom is 0.243 e. The van der Waals surface area contributed by atoms with Crippen LogP contribution in [-0.4, -0.2) is 31.7 Å². The summed E-state index contributed by atoms with van der Waals surface area (Å²) in [6, 6.07) is 9.94. The van der Waals surface area contributed by atoms with Crippen LogP contribution in [0.25, 0.3) is 0 Å². The molecule has 8 heteroatoms. The molecule has 1 aliphatic rings. The predicted molar refractivity (Wildman–Crippen MR) is 103 cm³/mol. The maximum atomic E-state index is 13.1. The van der Waals surface area contributed by atoms with E-state index in [2.05, 4.69) is 5.32 Å². The van der Waals surface area contributed by atoms with Gasteiger partial charge in [0.1, 0.15) is 5.82 Å². The molecule has 1 amide bonds. The van der Waals surface area contributed by atoms with Crippen molar-refractivity contribution < 1.29 is 17.6 Å². The Balaban J connectivity index is 1.72. The molecular formula is C19H20ClFN2O3S. The van der Waals surface area contributed by atoms with Gasteiger partial charge in [0, 0.05) is 23.8 Å². The first kappa shape index (κ1) is 19.8. The van der Waals surface area contributed by atoms with E-state index in [4.69, 9.17) is 11.6 Å². The van der Waals surface area contributed by atoms with E-state index >= 15 is 0 Å². The lowest BCUT2D eigenvalue weighted by Crippen LogP contribution is -2.43. The Morgan fingerprint density at radius 2 is 1.93 bits per heavy atom. The van der Waals surface area contributed by atoms with Crippen molar-refractivity contribution in [3.63, 3.8) is 0 Å². The number of piperidine rings is 1. The van der Waals surface area contributed by atoms with Crippen molar-refractivity contribution in [3.05, 3.63) is 58.9 Å². The molecule has 1 fully saturated rings. The van der Waals surface area contributed by atoms with E-state index < -0.39 is 21.8 Å². The number of hydrogen-bond donors (Lipinski definition) is 1. The molecule has 27 heavy (non-hydrogen) atoms. The lowest BCUT2D eigenvalue weighted by molar-refractivity contribution is -0.120. The Kier molecular flexibility index (Phi) is 5.83. The molecule has 1 aliphatic heterocycles. The number of carbonyl (C=O) groups excluding carboxylic acids is 1. The Morgan fingerprint density at radius 1 is 1.22 bits per heavy atom. The molecule has 2 aromatic rings. The van der Waals surface area contributed by atoms with E-state index in [9.17, 15) is 17.6 Å². The van der Waals surface area contributed by atoms with Crippen LogP contribution in [0.15, 0.2) is 47.4 Å². The van der Waals surface area contributed by atoms with Gasteiger partial charge in [0.2, 0.25) is 15.9 Å². The smallest absolute Gasteiger partial charge is 0.243 e. The van der Waals surface area contributed by atoms with E-state index in [-0.39, 0.29) is 17.3 Å². The Hall–Kier alpha value is -1.96. The first-order chi connectivity index (χ1) is 12.8. The summed E-state index contributed by atoms with van der Waals surface area (Å²) in [4.78, 5) is 12.6. The minimum atomic E-state index is -3.76. The molecule has 1 heterocycles. The number of nitrogens with zero attached hydrogens (tertiary/aromatic N) is 1. The summed E-state index contributed by atoms with van der Waals surface area (Å²) in [5, 5.41) is 3.36. The average Bonchev–Trinajstić information content (AvgIpc) is 2.65. The Labute approximate surface area is 163 Å². The number of halogens is 2. The molecule has 0 radical (unpaired) electrons. The van der Waals surface area contributed by atoms with Crippen molar-refractivity contribution in [2.24, 2.45) is 5.92 Å². The lowest BCUT2D eigenvalue weighted by Gasteiger charge is -2.31. The van der Waals surface area contributed by atoms with Gasteiger partial charge in [-0.1, -0.05) is 17.7 Å². The van der Waals surface area contributed by atoms with Crippen LogP contribution in [0.1, 0.15) is 18.4 Å². The standard InChI is InChI=1S/C19H20ClFN2O3S/c1-13-4-7-16(11-18(13)20)22-19(24)14-3-2-10-23(12-14)27(25,26)17-8-5-15(21)6-9-17/h4-9,11,14H,2-3,10,12H2,1H3,(H,22,24). The second-order valence-corrected chi connectivity index (χ2v) is 8.95. The zero-order valence-corrected chi connectivity index (χ0v) is 16.4. The van der Waals surface area contributed by atoms with Crippen molar-refractivity contribution >= 4 is 33.2 Å². The molecule has 0 spiro atoms. The number of hydrogen-bond acceptors (Lipinski definition) is 3. The zero-order valence-electron chi connectivity index (χ0n) is 14.8. The summed E-state index contributed by atoms with van der Waals surface area (Å²) in [6.45, 7) is 2.29. The van der Waals surface area contributed by atoms with Crippen LogP contribution in [0.4, 0.5) is 10.1 Å². The quantitative estimate of drug-likeness (QED) is 0.833. The molecule has 0 aliphatic carbocycles. The fraction of sp³-hybridized carbons (Fsp3) is 0.316. The summed E-state index contributed by atoms with van der Waals surface area (Å²) < 4.78 is 39.9. The molecule has 2 aromatic carbocycles. The van der Waals surface area contributed by atoms with Crippen LogP contribution in [-0.2, 0) is 14.8 Å². The highest BCUT2D eigenvalue weighted by Crippen LogP contribution is 2.26. The second kappa shape index (κ2) is 7.96. The van der Waals surface area contributed by atoms with E-state index in [0.29, 0.717) is 30.1 Å². The number of rotatable bonds is 4. The second-order valence-electron chi connectivity index (χ2n) is 6.61. The molecule has 1 atom stereocenters. The van der Waals surface area contributed by atoms with Gasteiger partial charge in [0.05, 0.1) is 10.8 Å². The van der Waals surface area contributed by atoms with Crippen LogP contribution in [0.2, 0.25) is 5.02 Å². The van der Waals surface area contributed by atoms with Crippen LogP contribution in [0.3, 0.4) is 0 Å². The van der Waals surface area contributed by atoms with Crippen molar-refractivity contribution in [1.29, 1.82) is 0 Å². The average molecular weight is 411 g/mol. The van der Waals surface area contributed by atoms with Gasteiger partial charge in [-0.15, -0.1) is 0 Å². The van der Waals surface area contributed by atoms with E-state index in [1.165, 1.54) is 16.4 Å². The van der Waals surface area contributed by atoms with Gasteiger partial charge in [-0.25, -0.2) is 12.8 Å². The van der Waals surface area contributed by atoms with Gasteiger partial charge in [-0.05, 0) is 61.7 Å². The number of carbonyl (C=O) groups is 1. The summed E-state index contributed by atoms with van der Waals surface area (Å²) in [7, 11) is -3.76. The number of amides is 1. The summed E-state index contributed by atoms with van der Waals surface area (Å²) in [6.07, 6.45) is 1.17. The third-order valence-corrected chi connectivity index (χ3v) is 6.93. The molecule has 0 saturated carbocycles. The minimum Gasteiger partial charge on any atom is -0.326 e. The zero-order chi connectivity index (χ0) is 19.6. The van der Waals surface area contributed by atoms with Crippen LogP contribution in [0.5, 0.6) is 0 Å². The van der Waals surface area contributed by atoms with Crippen LogP contribution < -0.4 is 5.32 Å². The molecule has 0 bridgehead atoms. The topological polar surface area (TPSA) is 66.5 Å². The van der Waals surface area contributed by atoms with Crippen LogP contribution >= 0.6 is 11.6 Å². The number of anilines is 1. The van der Waals surface area contributed by atoms with E-state index in [1.54, 1.807) is 12.1 Å². The Morgan fingerprint density at radius 3 is 2.59 bits per heavy atom. The predicted octanol–water partition coefficient (Wildman–Crippen LogP) is 3.83. The van der Waals surface area contributed by atoms with Crippen molar-refractivity contribution in [2.45, 2.75) is 24.7 Å². The number of aryl methyl sites for hydroxylation is 1. The third-order valence-electron chi connectivity index (χ3n) is 4.65. The number of benzene rings is 2. The highest BCUT2D eigenvalue weighted by atomic mass is 35.5. The lowest BCUT2D eigenvalue weighted by atomic mass is 9.98. The monoisotopic (exact) mass is 410 g/mol. The van der Waals surface area contributed by atoms with Crippen molar-refractivity contribution in [3.8, 4) is 0 Å². The fourth-order valence-electron chi connectivity index (χ4n) is 3.05. The summed E-state index contributed by atoms with van der Waals surface area (Å²) >= 11 is 6.08.